The maximum absolute atomic E-state index is 8.77. The van der Waals surface area contributed by atoms with E-state index in [0.717, 1.165) is 24.6 Å². The maximum Gasteiger partial charge on any atom is 0.135 e. The molecule has 0 fully saturated rings. The third-order valence-corrected chi connectivity index (χ3v) is 2.82. The van der Waals surface area contributed by atoms with Gasteiger partial charge in [-0.05, 0) is 38.4 Å². The molecule has 0 amide bonds. The first-order valence-electron chi connectivity index (χ1n) is 6.65. The summed E-state index contributed by atoms with van der Waals surface area (Å²) in [5.41, 5.74) is 1.52. The first kappa shape index (κ1) is 14.8. The Morgan fingerprint density at radius 3 is 2.52 bits per heavy atom. The monoisotopic (exact) mass is 282 g/mol. The van der Waals surface area contributed by atoms with Gasteiger partial charge < -0.3 is 15.5 Å². The summed E-state index contributed by atoms with van der Waals surface area (Å²) in [4.78, 5) is 10.5. The molecule has 0 aliphatic rings. The number of likely N-dealkylation sites (N-methyl/N-ethyl adjacent to an activating group) is 1. The lowest BCUT2D eigenvalue weighted by atomic mass is 10.2. The zero-order chi connectivity index (χ0) is 15.1. The van der Waals surface area contributed by atoms with Crippen LogP contribution in [0.1, 0.15) is 5.56 Å². The minimum absolute atomic E-state index is 0.634. The van der Waals surface area contributed by atoms with Gasteiger partial charge in [0.2, 0.25) is 0 Å². The van der Waals surface area contributed by atoms with Crippen molar-refractivity contribution in [2.45, 2.75) is 0 Å². The molecule has 0 atom stereocenters. The van der Waals surface area contributed by atoms with Gasteiger partial charge in [-0.2, -0.15) is 5.26 Å². The Kier molecular flexibility index (Phi) is 5.07. The van der Waals surface area contributed by atoms with Crippen molar-refractivity contribution in [1.82, 2.24) is 14.9 Å². The lowest BCUT2D eigenvalue weighted by Gasteiger charge is -2.11. The Balaban J connectivity index is 1.98. The summed E-state index contributed by atoms with van der Waals surface area (Å²) >= 11 is 0. The molecule has 6 nitrogen and oxygen atoms in total. The van der Waals surface area contributed by atoms with Crippen molar-refractivity contribution in [2.24, 2.45) is 0 Å². The number of hydrogen-bond acceptors (Lipinski definition) is 6. The summed E-state index contributed by atoms with van der Waals surface area (Å²) in [6, 6.07) is 11.2. The molecule has 1 aromatic carbocycles. The van der Waals surface area contributed by atoms with Crippen LogP contribution >= 0.6 is 0 Å². The number of hydrogen-bond donors (Lipinski definition) is 2. The average Bonchev–Trinajstić information content (AvgIpc) is 2.48. The van der Waals surface area contributed by atoms with E-state index in [9.17, 15) is 0 Å². The first-order chi connectivity index (χ1) is 10.2. The van der Waals surface area contributed by atoms with Crippen LogP contribution in [0.25, 0.3) is 0 Å². The second kappa shape index (κ2) is 7.22. The Labute approximate surface area is 124 Å². The predicted molar refractivity (Wildman–Crippen MR) is 83.5 cm³/mol. The Morgan fingerprint density at radius 2 is 1.86 bits per heavy atom. The van der Waals surface area contributed by atoms with Crippen molar-refractivity contribution in [3.05, 3.63) is 42.2 Å². The maximum atomic E-state index is 8.77. The number of nitrogens with one attached hydrogen (secondary N) is 2. The molecule has 0 spiro atoms. The number of benzene rings is 1. The van der Waals surface area contributed by atoms with Crippen LogP contribution in [0.4, 0.5) is 17.3 Å². The molecule has 2 rings (SSSR count). The summed E-state index contributed by atoms with van der Waals surface area (Å²) in [5, 5.41) is 15.2. The summed E-state index contributed by atoms with van der Waals surface area (Å²) in [6.45, 7) is 1.75. The van der Waals surface area contributed by atoms with Gasteiger partial charge in [0.15, 0.2) is 0 Å². The summed E-state index contributed by atoms with van der Waals surface area (Å²) in [5.74, 6) is 1.49. The van der Waals surface area contributed by atoms with Crippen LogP contribution in [-0.2, 0) is 0 Å². The van der Waals surface area contributed by atoms with Gasteiger partial charge in [0.1, 0.15) is 18.0 Å². The molecule has 0 aliphatic carbocycles. The molecule has 6 heteroatoms. The smallest absolute Gasteiger partial charge is 0.135 e. The van der Waals surface area contributed by atoms with Gasteiger partial charge in [-0.1, -0.05) is 0 Å². The topological polar surface area (TPSA) is 76.9 Å². The van der Waals surface area contributed by atoms with E-state index in [1.54, 1.807) is 12.1 Å². The average molecular weight is 282 g/mol. The van der Waals surface area contributed by atoms with Crippen LogP contribution in [0, 0.1) is 11.3 Å². The number of nitrogens with zero attached hydrogens (tertiary/aromatic N) is 4. The van der Waals surface area contributed by atoms with E-state index in [1.807, 2.05) is 32.3 Å². The molecule has 0 saturated carbocycles. The highest BCUT2D eigenvalue weighted by Crippen LogP contribution is 2.16. The lowest BCUT2D eigenvalue weighted by Crippen LogP contribution is -2.21. The zero-order valence-electron chi connectivity index (χ0n) is 12.2. The van der Waals surface area contributed by atoms with E-state index < -0.39 is 0 Å². The molecule has 0 aliphatic heterocycles. The molecule has 1 heterocycles. The van der Waals surface area contributed by atoms with E-state index >= 15 is 0 Å². The SMILES string of the molecule is CN(C)CCNc1cc(Nc2ccc(C#N)cc2)ncn1. The van der Waals surface area contributed by atoms with Crippen LogP contribution in [0.2, 0.25) is 0 Å². The Hall–Kier alpha value is -2.65. The van der Waals surface area contributed by atoms with Crippen molar-refractivity contribution in [3.8, 4) is 6.07 Å². The van der Waals surface area contributed by atoms with E-state index in [2.05, 4.69) is 31.6 Å². The molecule has 21 heavy (non-hydrogen) atoms. The van der Waals surface area contributed by atoms with Crippen molar-refractivity contribution >= 4 is 17.3 Å². The number of anilines is 3. The highest BCUT2D eigenvalue weighted by atomic mass is 15.1. The summed E-state index contributed by atoms with van der Waals surface area (Å²) in [7, 11) is 4.05. The van der Waals surface area contributed by atoms with E-state index in [-0.39, 0.29) is 0 Å². The second-order valence-electron chi connectivity index (χ2n) is 4.83. The second-order valence-corrected chi connectivity index (χ2v) is 4.83. The normalized spacial score (nSPS) is 10.2. The molecule has 2 N–H and O–H groups in total. The quantitative estimate of drug-likeness (QED) is 0.844. The van der Waals surface area contributed by atoms with Gasteiger partial charge in [-0.15, -0.1) is 0 Å². The third-order valence-electron chi connectivity index (χ3n) is 2.82. The van der Waals surface area contributed by atoms with Crippen LogP contribution in [0.5, 0.6) is 0 Å². The number of rotatable bonds is 6. The fourth-order valence-corrected chi connectivity index (χ4v) is 1.71. The molecular weight excluding hydrogens is 264 g/mol. The van der Waals surface area contributed by atoms with Crippen LogP contribution in [0.15, 0.2) is 36.7 Å². The molecule has 108 valence electrons. The lowest BCUT2D eigenvalue weighted by molar-refractivity contribution is 0.425. The number of nitriles is 1. The standard InChI is InChI=1S/C15H18N6/c1-21(2)8-7-17-14-9-15(19-11-18-14)20-13-5-3-12(10-16)4-6-13/h3-6,9,11H,7-8H2,1-2H3,(H2,17,18,19,20). The van der Waals surface area contributed by atoms with Crippen molar-refractivity contribution in [3.63, 3.8) is 0 Å². The fourth-order valence-electron chi connectivity index (χ4n) is 1.71. The van der Waals surface area contributed by atoms with E-state index in [0.29, 0.717) is 11.4 Å². The van der Waals surface area contributed by atoms with Gasteiger partial charge in [0, 0.05) is 24.8 Å². The zero-order valence-corrected chi connectivity index (χ0v) is 12.2. The molecule has 0 saturated heterocycles. The first-order valence-corrected chi connectivity index (χ1v) is 6.65. The summed E-state index contributed by atoms with van der Waals surface area (Å²) < 4.78 is 0. The van der Waals surface area contributed by atoms with Crippen molar-refractivity contribution in [1.29, 1.82) is 5.26 Å². The third kappa shape index (κ3) is 4.75. The Bertz CT molecular complexity index is 615. The minimum Gasteiger partial charge on any atom is -0.369 e. The van der Waals surface area contributed by atoms with Crippen LogP contribution < -0.4 is 10.6 Å². The van der Waals surface area contributed by atoms with Crippen molar-refractivity contribution < 1.29 is 0 Å². The molecule has 0 radical (unpaired) electrons. The molecule has 1 aromatic heterocycles. The minimum atomic E-state index is 0.634. The van der Waals surface area contributed by atoms with Crippen LogP contribution in [-0.4, -0.2) is 42.1 Å². The summed E-state index contributed by atoms with van der Waals surface area (Å²) in [6.07, 6.45) is 1.52. The highest BCUT2D eigenvalue weighted by molar-refractivity contribution is 5.59. The molecule has 0 bridgehead atoms. The van der Waals surface area contributed by atoms with Gasteiger partial charge in [-0.3, -0.25) is 0 Å². The fraction of sp³-hybridized carbons (Fsp3) is 0.267. The van der Waals surface area contributed by atoms with Gasteiger partial charge in [0.05, 0.1) is 11.6 Å². The highest BCUT2D eigenvalue weighted by Gasteiger charge is 2.00. The van der Waals surface area contributed by atoms with Gasteiger partial charge in [0.25, 0.3) is 0 Å². The molecule has 0 unspecified atom stereocenters. The molecule has 2 aromatic rings. The van der Waals surface area contributed by atoms with E-state index in [4.69, 9.17) is 5.26 Å². The van der Waals surface area contributed by atoms with Gasteiger partial charge >= 0.3 is 0 Å². The molecular formula is C15H18N6. The Morgan fingerprint density at radius 1 is 1.14 bits per heavy atom. The predicted octanol–water partition coefficient (Wildman–Crippen LogP) is 2.07. The number of aromatic nitrogens is 2. The van der Waals surface area contributed by atoms with Crippen molar-refractivity contribution in [2.75, 3.05) is 37.8 Å². The van der Waals surface area contributed by atoms with E-state index in [1.165, 1.54) is 6.33 Å². The van der Waals surface area contributed by atoms with Crippen LogP contribution in [0.3, 0.4) is 0 Å². The van der Waals surface area contributed by atoms with Gasteiger partial charge in [-0.25, -0.2) is 9.97 Å². The largest absolute Gasteiger partial charge is 0.369 e.